The highest BCUT2D eigenvalue weighted by atomic mass is 35.5. The molecule has 0 atom stereocenters. The molecule has 0 saturated heterocycles. The number of amides is 1. The average molecular weight is 397 g/mol. The van der Waals surface area contributed by atoms with E-state index in [2.05, 4.69) is 5.32 Å². The molecule has 1 aromatic heterocycles. The van der Waals surface area contributed by atoms with E-state index in [1.807, 2.05) is 31.2 Å². The molecule has 0 saturated carbocycles. The number of para-hydroxylation sites is 1. The number of anilines is 1. The third kappa shape index (κ3) is 4.59. The molecule has 0 unspecified atom stereocenters. The number of benzene rings is 2. The standard InChI is InChI=1S/C21H14Cl2N2O2/c1-13-4-2-3-5-19(13)25-21(26)15(12-24)10-18-6-7-20(27-18)14-8-16(22)11-17(23)9-14/h2-11H,1H3,(H,25,26)/b15-10+. The van der Waals surface area contributed by atoms with Crippen LogP contribution in [0.1, 0.15) is 11.3 Å². The second kappa shape index (κ2) is 8.13. The molecule has 3 aromatic rings. The molecular weight excluding hydrogens is 383 g/mol. The first-order valence-corrected chi connectivity index (χ1v) is 8.77. The summed E-state index contributed by atoms with van der Waals surface area (Å²) in [7, 11) is 0. The molecule has 3 rings (SSSR count). The van der Waals surface area contributed by atoms with Crippen LogP contribution in [0.4, 0.5) is 5.69 Å². The van der Waals surface area contributed by atoms with Gasteiger partial charge >= 0.3 is 0 Å². The van der Waals surface area contributed by atoms with Gasteiger partial charge in [-0.25, -0.2) is 0 Å². The van der Waals surface area contributed by atoms with Gasteiger partial charge in [0.15, 0.2) is 0 Å². The summed E-state index contributed by atoms with van der Waals surface area (Å²) in [6.07, 6.45) is 1.39. The van der Waals surface area contributed by atoms with Gasteiger partial charge in [-0.15, -0.1) is 0 Å². The number of furan rings is 1. The lowest BCUT2D eigenvalue weighted by molar-refractivity contribution is -0.112. The maximum absolute atomic E-state index is 12.4. The molecule has 0 radical (unpaired) electrons. The zero-order chi connectivity index (χ0) is 19.4. The first-order chi connectivity index (χ1) is 13.0. The molecular formula is C21H14Cl2N2O2. The normalized spacial score (nSPS) is 11.1. The Hall–Kier alpha value is -3.00. The van der Waals surface area contributed by atoms with Crippen molar-refractivity contribution in [3.63, 3.8) is 0 Å². The van der Waals surface area contributed by atoms with E-state index in [0.29, 0.717) is 32.8 Å². The summed E-state index contributed by atoms with van der Waals surface area (Å²) >= 11 is 12.0. The van der Waals surface area contributed by atoms with Crippen LogP contribution in [-0.4, -0.2) is 5.91 Å². The van der Waals surface area contributed by atoms with Crippen LogP contribution in [0.5, 0.6) is 0 Å². The quantitative estimate of drug-likeness (QED) is 0.427. The topological polar surface area (TPSA) is 66.0 Å². The molecule has 6 heteroatoms. The molecule has 27 heavy (non-hydrogen) atoms. The number of hydrogen-bond acceptors (Lipinski definition) is 3. The molecule has 1 amide bonds. The fourth-order valence-corrected chi connectivity index (χ4v) is 3.00. The monoisotopic (exact) mass is 396 g/mol. The van der Waals surface area contributed by atoms with Crippen LogP contribution in [0.3, 0.4) is 0 Å². The van der Waals surface area contributed by atoms with Crippen LogP contribution in [0, 0.1) is 18.3 Å². The zero-order valence-electron chi connectivity index (χ0n) is 14.3. The number of nitriles is 1. The predicted molar refractivity (Wildman–Crippen MR) is 108 cm³/mol. The number of nitrogens with zero attached hydrogens (tertiary/aromatic N) is 1. The van der Waals surface area contributed by atoms with E-state index in [4.69, 9.17) is 27.6 Å². The number of halogens is 2. The maximum Gasteiger partial charge on any atom is 0.266 e. The van der Waals surface area contributed by atoms with Gasteiger partial charge in [0.1, 0.15) is 23.2 Å². The minimum atomic E-state index is -0.504. The molecule has 0 spiro atoms. The second-order valence-corrected chi connectivity index (χ2v) is 6.67. The fraction of sp³-hybridized carbons (Fsp3) is 0.0476. The predicted octanol–water partition coefficient (Wildman–Crippen LogP) is 6.11. The van der Waals surface area contributed by atoms with Gasteiger partial charge in [-0.3, -0.25) is 4.79 Å². The molecule has 0 aliphatic rings. The third-order valence-electron chi connectivity index (χ3n) is 3.82. The average Bonchev–Trinajstić information content (AvgIpc) is 3.09. The van der Waals surface area contributed by atoms with Crippen molar-refractivity contribution >= 4 is 40.9 Å². The lowest BCUT2D eigenvalue weighted by Crippen LogP contribution is -2.14. The number of aryl methyl sites for hydroxylation is 1. The Bertz CT molecular complexity index is 1060. The SMILES string of the molecule is Cc1ccccc1NC(=O)/C(C#N)=C/c1ccc(-c2cc(Cl)cc(Cl)c2)o1. The van der Waals surface area contributed by atoms with Gasteiger partial charge in [0.2, 0.25) is 0 Å². The molecule has 1 heterocycles. The Morgan fingerprint density at radius 2 is 1.81 bits per heavy atom. The van der Waals surface area contributed by atoms with Crippen LogP contribution in [-0.2, 0) is 4.79 Å². The Kier molecular flexibility index (Phi) is 5.66. The molecule has 0 fully saturated rings. The van der Waals surface area contributed by atoms with Crippen LogP contribution >= 0.6 is 23.2 Å². The van der Waals surface area contributed by atoms with Gasteiger partial charge in [-0.05, 0) is 48.9 Å². The largest absolute Gasteiger partial charge is 0.457 e. The van der Waals surface area contributed by atoms with E-state index in [1.54, 1.807) is 36.4 Å². The third-order valence-corrected chi connectivity index (χ3v) is 4.26. The van der Waals surface area contributed by atoms with E-state index in [0.717, 1.165) is 5.56 Å². The summed E-state index contributed by atoms with van der Waals surface area (Å²) in [6.45, 7) is 1.88. The van der Waals surface area contributed by atoms with Gasteiger partial charge in [-0.1, -0.05) is 41.4 Å². The molecule has 4 nitrogen and oxygen atoms in total. The molecule has 134 valence electrons. The Morgan fingerprint density at radius 3 is 2.48 bits per heavy atom. The van der Waals surface area contributed by atoms with Gasteiger partial charge in [0, 0.05) is 27.4 Å². The van der Waals surface area contributed by atoms with Crippen molar-refractivity contribution in [2.24, 2.45) is 0 Å². The number of carbonyl (C=O) groups is 1. The first kappa shape index (κ1) is 18.8. The smallest absolute Gasteiger partial charge is 0.266 e. The van der Waals surface area contributed by atoms with E-state index in [-0.39, 0.29) is 5.57 Å². The molecule has 1 N–H and O–H groups in total. The molecule has 0 aliphatic heterocycles. The summed E-state index contributed by atoms with van der Waals surface area (Å²) < 4.78 is 5.71. The highest BCUT2D eigenvalue weighted by molar-refractivity contribution is 6.35. The lowest BCUT2D eigenvalue weighted by Gasteiger charge is -2.06. The lowest BCUT2D eigenvalue weighted by atomic mass is 10.1. The Balaban J connectivity index is 1.84. The van der Waals surface area contributed by atoms with Crippen molar-refractivity contribution in [3.8, 4) is 17.4 Å². The minimum Gasteiger partial charge on any atom is -0.457 e. The van der Waals surface area contributed by atoms with E-state index < -0.39 is 5.91 Å². The van der Waals surface area contributed by atoms with Gasteiger partial charge in [0.25, 0.3) is 5.91 Å². The first-order valence-electron chi connectivity index (χ1n) is 8.01. The number of nitrogens with one attached hydrogen (secondary N) is 1. The maximum atomic E-state index is 12.4. The minimum absolute atomic E-state index is 0.0664. The summed E-state index contributed by atoms with van der Waals surface area (Å²) in [6, 6.07) is 17.7. The van der Waals surface area contributed by atoms with Crippen LogP contribution in [0.25, 0.3) is 17.4 Å². The Morgan fingerprint density at radius 1 is 1.11 bits per heavy atom. The second-order valence-electron chi connectivity index (χ2n) is 5.80. The van der Waals surface area contributed by atoms with Gasteiger partial charge in [-0.2, -0.15) is 5.26 Å². The molecule has 0 bridgehead atoms. The van der Waals surface area contributed by atoms with Crippen LogP contribution in [0.15, 0.2) is 64.6 Å². The Labute approximate surface area is 166 Å². The van der Waals surface area contributed by atoms with Crippen molar-refractivity contribution in [2.75, 3.05) is 5.32 Å². The number of rotatable bonds is 4. The van der Waals surface area contributed by atoms with E-state index >= 15 is 0 Å². The summed E-state index contributed by atoms with van der Waals surface area (Å²) in [5.41, 5.74) is 2.19. The van der Waals surface area contributed by atoms with Crippen molar-refractivity contribution < 1.29 is 9.21 Å². The number of carbonyl (C=O) groups excluding carboxylic acids is 1. The molecule has 2 aromatic carbocycles. The van der Waals surface area contributed by atoms with Crippen LogP contribution in [0.2, 0.25) is 10.0 Å². The van der Waals surface area contributed by atoms with Gasteiger partial charge < -0.3 is 9.73 Å². The fourth-order valence-electron chi connectivity index (χ4n) is 2.48. The van der Waals surface area contributed by atoms with Crippen molar-refractivity contribution in [1.82, 2.24) is 0 Å². The van der Waals surface area contributed by atoms with E-state index in [1.165, 1.54) is 6.08 Å². The van der Waals surface area contributed by atoms with Crippen LogP contribution < -0.4 is 5.32 Å². The van der Waals surface area contributed by atoms with Crippen molar-refractivity contribution in [2.45, 2.75) is 6.92 Å². The molecule has 0 aliphatic carbocycles. The zero-order valence-corrected chi connectivity index (χ0v) is 15.8. The summed E-state index contributed by atoms with van der Waals surface area (Å²) in [4.78, 5) is 12.4. The summed E-state index contributed by atoms with van der Waals surface area (Å²) in [5, 5.41) is 13.0. The van der Waals surface area contributed by atoms with Crippen molar-refractivity contribution in [1.29, 1.82) is 5.26 Å². The van der Waals surface area contributed by atoms with Gasteiger partial charge in [0.05, 0.1) is 0 Å². The summed E-state index contributed by atoms with van der Waals surface area (Å²) in [5.74, 6) is 0.399. The number of hydrogen-bond donors (Lipinski definition) is 1. The van der Waals surface area contributed by atoms with E-state index in [9.17, 15) is 10.1 Å². The highest BCUT2D eigenvalue weighted by Gasteiger charge is 2.13. The van der Waals surface area contributed by atoms with Crippen molar-refractivity contribution in [3.05, 3.63) is 81.5 Å². The highest BCUT2D eigenvalue weighted by Crippen LogP contribution is 2.29.